The van der Waals surface area contributed by atoms with Gasteiger partial charge in [0.15, 0.2) is 0 Å². The second-order valence-electron chi connectivity index (χ2n) is 4.51. The predicted octanol–water partition coefficient (Wildman–Crippen LogP) is -0.157. The zero-order chi connectivity index (χ0) is 13.1. The number of hydrogen-bond donors (Lipinski definition) is 2. The van der Waals surface area contributed by atoms with Crippen LogP contribution in [-0.4, -0.2) is 52.5 Å². The number of ether oxygens (including phenoxy) is 1. The van der Waals surface area contributed by atoms with E-state index in [0.717, 1.165) is 19.6 Å². The third-order valence-electron chi connectivity index (χ3n) is 3.15. The van der Waals surface area contributed by atoms with E-state index in [9.17, 15) is 5.11 Å². The van der Waals surface area contributed by atoms with E-state index in [1.165, 1.54) is 0 Å². The van der Waals surface area contributed by atoms with E-state index in [2.05, 4.69) is 22.0 Å². The quantitative estimate of drug-likeness (QED) is 0.772. The molecular weight excluding hydrogens is 236 g/mol. The molecule has 2 heterocycles. The molecule has 3 N–H and O–H groups in total. The van der Waals surface area contributed by atoms with Crippen molar-refractivity contribution in [3.8, 4) is 0 Å². The van der Waals surface area contributed by atoms with Gasteiger partial charge < -0.3 is 20.1 Å². The Labute approximate surface area is 106 Å². The molecule has 0 aliphatic carbocycles. The van der Waals surface area contributed by atoms with Gasteiger partial charge in [0, 0.05) is 13.1 Å². The first kappa shape index (κ1) is 13.4. The van der Waals surface area contributed by atoms with Crippen molar-refractivity contribution >= 4 is 0 Å². The molecule has 0 saturated carbocycles. The number of morpholine rings is 1. The minimum atomic E-state index is -0.724. The molecule has 18 heavy (non-hydrogen) atoms. The molecule has 1 saturated heterocycles. The molecule has 0 bridgehead atoms. The molecule has 3 atom stereocenters. The van der Waals surface area contributed by atoms with Crippen LogP contribution < -0.4 is 5.73 Å². The summed E-state index contributed by atoms with van der Waals surface area (Å²) >= 11 is 0. The summed E-state index contributed by atoms with van der Waals surface area (Å²) < 4.78 is 10.7. The van der Waals surface area contributed by atoms with Gasteiger partial charge in [-0.05, 0) is 13.5 Å². The predicted molar refractivity (Wildman–Crippen MR) is 63.7 cm³/mol. The topological polar surface area (TPSA) is 97.6 Å². The molecule has 1 aliphatic heterocycles. The second kappa shape index (κ2) is 5.75. The van der Waals surface area contributed by atoms with Gasteiger partial charge in [0.2, 0.25) is 11.7 Å². The van der Waals surface area contributed by atoms with Crippen LogP contribution in [0.4, 0.5) is 0 Å². The lowest BCUT2D eigenvalue weighted by molar-refractivity contribution is -0.0334. The van der Waals surface area contributed by atoms with Gasteiger partial charge >= 0.3 is 0 Å². The number of aliphatic hydroxyl groups is 1. The summed E-state index contributed by atoms with van der Waals surface area (Å²) in [5.74, 6) is 0.747. The zero-order valence-electron chi connectivity index (χ0n) is 10.7. The zero-order valence-corrected chi connectivity index (χ0v) is 10.7. The van der Waals surface area contributed by atoms with Gasteiger partial charge in [-0.25, -0.2) is 0 Å². The van der Waals surface area contributed by atoms with Crippen molar-refractivity contribution < 1.29 is 14.4 Å². The first-order valence-electron chi connectivity index (χ1n) is 6.23. The molecule has 0 amide bonds. The van der Waals surface area contributed by atoms with Crippen molar-refractivity contribution in [2.45, 2.75) is 32.1 Å². The minimum absolute atomic E-state index is 0.183. The minimum Gasteiger partial charge on any atom is -0.391 e. The SMILES string of the molecule is CCN1CCOC(c2noc([C@@H](N)[C@@H](C)O)n2)C1. The summed E-state index contributed by atoms with van der Waals surface area (Å²) in [5.41, 5.74) is 5.74. The molecule has 0 spiro atoms. The van der Waals surface area contributed by atoms with E-state index >= 15 is 0 Å². The largest absolute Gasteiger partial charge is 0.391 e. The molecule has 0 aromatic carbocycles. The van der Waals surface area contributed by atoms with Crippen LogP contribution in [0.15, 0.2) is 4.52 Å². The van der Waals surface area contributed by atoms with Gasteiger partial charge in [0.25, 0.3) is 0 Å². The Kier molecular flexibility index (Phi) is 4.28. The molecule has 1 unspecified atom stereocenters. The number of hydrogen-bond acceptors (Lipinski definition) is 7. The Bertz CT molecular complexity index is 382. The molecule has 102 valence electrons. The van der Waals surface area contributed by atoms with Crippen LogP contribution in [0.2, 0.25) is 0 Å². The summed E-state index contributed by atoms with van der Waals surface area (Å²) in [7, 11) is 0. The molecule has 1 fully saturated rings. The van der Waals surface area contributed by atoms with E-state index in [4.69, 9.17) is 15.0 Å². The van der Waals surface area contributed by atoms with Crippen LogP contribution in [0.3, 0.4) is 0 Å². The van der Waals surface area contributed by atoms with Gasteiger partial charge in [0.05, 0.1) is 12.7 Å². The Morgan fingerprint density at radius 1 is 1.61 bits per heavy atom. The molecule has 1 aromatic heterocycles. The van der Waals surface area contributed by atoms with Gasteiger partial charge in [0.1, 0.15) is 12.1 Å². The lowest BCUT2D eigenvalue weighted by Crippen LogP contribution is -2.38. The maximum atomic E-state index is 9.38. The number of aliphatic hydroxyl groups excluding tert-OH is 1. The maximum absolute atomic E-state index is 9.38. The highest BCUT2D eigenvalue weighted by atomic mass is 16.5. The van der Waals surface area contributed by atoms with Gasteiger partial charge in [-0.15, -0.1) is 0 Å². The lowest BCUT2D eigenvalue weighted by Gasteiger charge is -2.30. The highest BCUT2D eigenvalue weighted by Gasteiger charge is 2.27. The molecule has 2 rings (SSSR count). The average molecular weight is 256 g/mol. The molecule has 1 aliphatic rings. The highest BCUT2D eigenvalue weighted by Crippen LogP contribution is 2.21. The third-order valence-corrected chi connectivity index (χ3v) is 3.15. The fraction of sp³-hybridized carbons (Fsp3) is 0.818. The maximum Gasteiger partial charge on any atom is 0.246 e. The smallest absolute Gasteiger partial charge is 0.246 e. The number of nitrogens with two attached hydrogens (primary N) is 1. The summed E-state index contributed by atoms with van der Waals surface area (Å²) in [5, 5.41) is 13.3. The monoisotopic (exact) mass is 256 g/mol. The van der Waals surface area contributed by atoms with E-state index in [-0.39, 0.29) is 12.0 Å². The van der Waals surface area contributed by atoms with E-state index < -0.39 is 12.1 Å². The number of likely N-dealkylation sites (N-methyl/N-ethyl adjacent to an activating group) is 1. The third kappa shape index (κ3) is 2.86. The van der Waals surface area contributed by atoms with Crippen molar-refractivity contribution in [1.82, 2.24) is 15.0 Å². The molecule has 7 heteroatoms. The Morgan fingerprint density at radius 2 is 2.39 bits per heavy atom. The summed E-state index contributed by atoms with van der Waals surface area (Å²) in [6.07, 6.45) is -0.907. The molecule has 0 radical (unpaired) electrons. The fourth-order valence-corrected chi connectivity index (χ4v) is 1.87. The fourth-order valence-electron chi connectivity index (χ4n) is 1.87. The Balaban J connectivity index is 2.05. The average Bonchev–Trinajstić information content (AvgIpc) is 2.87. The van der Waals surface area contributed by atoms with E-state index in [1.807, 2.05) is 0 Å². The van der Waals surface area contributed by atoms with Crippen molar-refractivity contribution in [2.24, 2.45) is 5.73 Å². The molecule has 7 nitrogen and oxygen atoms in total. The molecular formula is C11H20N4O3. The Morgan fingerprint density at radius 3 is 3.06 bits per heavy atom. The van der Waals surface area contributed by atoms with Crippen molar-refractivity contribution in [1.29, 1.82) is 0 Å². The number of nitrogens with zero attached hydrogens (tertiary/aromatic N) is 3. The first-order chi connectivity index (χ1) is 8.61. The summed E-state index contributed by atoms with van der Waals surface area (Å²) in [6, 6.07) is -0.655. The van der Waals surface area contributed by atoms with E-state index in [0.29, 0.717) is 12.4 Å². The summed E-state index contributed by atoms with van der Waals surface area (Å²) in [6.45, 7) is 6.99. The van der Waals surface area contributed by atoms with Crippen molar-refractivity contribution in [2.75, 3.05) is 26.2 Å². The van der Waals surface area contributed by atoms with Gasteiger partial charge in [-0.3, -0.25) is 4.90 Å². The highest BCUT2D eigenvalue weighted by molar-refractivity contribution is 4.98. The second-order valence-corrected chi connectivity index (χ2v) is 4.51. The standard InChI is InChI=1S/C11H20N4O3/c1-3-15-4-5-17-8(6-15)10-13-11(18-14-10)9(12)7(2)16/h7-9,16H,3-6,12H2,1-2H3/t7-,8?,9+/m1/s1. The van der Waals surface area contributed by atoms with Gasteiger partial charge in [-0.2, -0.15) is 4.98 Å². The van der Waals surface area contributed by atoms with Gasteiger partial charge in [-0.1, -0.05) is 12.1 Å². The van der Waals surface area contributed by atoms with Crippen LogP contribution in [0, 0.1) is 0 Å². The van der Waals surface area contributed by atoms with E-state index in [1.54, 1.807) is 6.92 Å². The van der Waals surface area contributed by atoms with Crippen LogP contribution in [0.25, 0.3) is 0 Å². The molecule has 1 aromatic rings. The van der Waals surface area contributed by atoms with Crippen LogP contribution in [0.5, 0.6) is 0 Å². The Hall–Kier alpha value is -1.02. The van der Waals surface area contributed by atoms with Crippen molar-refractivity contribution in [3.05, 3.63) is 11.7 Å². The number of aromatic nitrogens is 2. The van der Waals surface area contributed by atoms with Crippen LogP contribution in [0.1, 0.15) is 37.7 Å². The normalized spacial score (nSPS) is 25.0. The van der Waals surface area contributed by atoms with Crippen molar-refractivity contribution in [3.63, 3.8) is 0 Å². The first-order valence-corrected chi connectivity index (χ1v) is 6.23. The van der Waals surface area contributed by atoms with Crippen LogP contribution in [-0.2, 0) is 4.74 Å². The summed E-state index contributed by atoms with van der Waals surface area (Å²) in [4.78, 5) is 6.47. The van der Waals surface area contributed by atoms with Crippen LogP contribution >= 0.6 is 0 Å². The number of rotatable bonds is 4. The lowest BCUT2D eigenvalue weighted by atomic mass is 10.2.